The fourth-order valence-corrected chi connectivity index (χ4v) is 1.88. The van der Waals surface area contributed by atoms with Gasteiger partial charge in [0.05, 0.1) is 0 Å². The highest BCUT2D eigenvalue weighted by atomic mass is 16.1. The molecule has 0 saturated heterocycles. The molecule has 0 bridgehead atoms. The predicted octanol–water partition coefficient (Wildman–Crippen LogP) is 2.21. The van der Waals surface area contributed by atoms with Crippen molar-refractivity contribution in [2.24, 2.45) is 0 Å². The summed E-state index contributed by atoms with van der Waals surface area (Å²) in [5.41, 5.74) is 9.92. The maximum atomic E-state index is 12.0. The first-order valence-electron chi connectivity index (χ1n) is 6.13. The molecular weight excluding hydrogens is 238 g/mol. The van der Waals surface area contributed by atoms with Crippen LogP contribution in [0.2, 0.25) is 0 Å². The summed E-state index contributed by atoms with van der Waals surface area (Å²) in [4.78, 5) is 16.1. The number of rotatable bonds is 3. The van der Waals surface area contributed by atoms with Crippen LogP contribution < -0.4 is 11.1 Å². The number of hydrogen-bond donors (Lipinski definition) is 2. The highest BCUT2D eigenvalue weighted by Crippen LogP contribution is 2.15. The molecule has 2 aromatic rings. The van der Waals surface area contributed by atoms with Crippen LogP contribution in [0.5, 0.6) is 0 Å². The molecule has 4 heteroatoms. The third kappa shape index (κ3) is 2.91. The van der Waals surface area contributed by atoms with E-state index in [1.165, 1.54) is 0 Å². The summed E-state index contributed by atoms with van der Waals surface area (Å²) in [6.45, 7) is 4.27. The lowest BCUT2D eigenvalue weighted by Crippen LogP contribution is -2.25. The Kier molecular flexibility index (Phi) is 3.80. The SMILES string of the molecule is Cc1cccnc1C(=O)NCc1cccc(N)c1C. The van der Waals surface area contributed by atoms with Crippen LogP contribution in [0.1, 0.15) is 27.2 Å². The number of nitrogens with one attached hydrogen (secondary N) is 1. The van der Waals surface area contributed by atoms with Gasteiger partial charge in [-0.15, -0.1) is 0 Å². The second kappa shape index (κ2) is 5.52. The molecule has 0 fully saturated rings. The van der Waals surface area contributed by atoms with Crippen LogP contribution >= 0.6 is 0 Å². The van der Waals surface area contributed by atoms with Gasteiger partial charge in [0.25, 0.3) is 5.91 Å². The molecule has 2 rings (SSSR count). The molecule has 0 aliphatic heterocycles. The van der Waals surface area contributed by atoms with Crippen molar-refractivity contribution in [3.63, 3.8) is 0 Å². The summed E-state index contributed by atoms with van der Waals surface area (Å²) < 4.78 is 0. The predicted molar refractivity (Wildman–Crippen MR) is 75.7 cm³/mol. The first-order chi connectivity index (χ1) is 9.09. The lowest BCUT2D eigenvalue weighted by molar-refractivity contribution is 0.0945. The van der Waals surface area contributed by atoms with Gasteiger partial charge < -0.3 is 11.1 Å². The Bertz CT molecular complexity index is 608. The molecule has 0 unspecified atom stereocenters. The van der Waals surface area contributed by atoms with Crippen molar-refractivity contribution in [1.82, 2.24) is 10.3 Å². The molecule has 0 radical (unpaired) electrons. The van der Waals surface area contributed by atoms with Crippen LogP contribution in [0.3, 0.4) is 0 Å². The Morgan fingerprint density at radius 2 is 2.05 bits per heavy atom. The van der Waals surface area contributed by atoms with Gasteiger partial charge in [-0.3, -0.25) is 9.78 Å². The average Bonchev–Trinajstić information content (AvgIpc) is 2.40. The van der Waals surface area contributed by atoms with E-state index in [4.69, 9.17) is 5.73 Å². The Morgan fingerprint density at radius 1 is 1.26 bits per heavy atom. The molecular formula is C15H17N3O. The molecule has 0 aliphatic carbocycles. The fourth-order valence-electron chi connectivity index (χ4n) is 1.88. The maximum Gasteiger partial charge on any atom is 0.270 e. The third-order valence-corrected chi connectivity index (χ3v) is 3.15. The van der Waals surface area contributed by atoms with E-state index in [0.29, 0.717) is 12.2 Å². The molecule has 19 heavy (non-hydrogen) atoms. The lowest BCUT2D eigenvalue weighted by Gasteiger charge is -2.10. The normalized spacial score (nSPS) is 10.2. The van der Waals surface area contributed by atoms with Gasteiger partial charge in [0.2, 0.25) is 0 Å². The quantitative estimate of drug-likeness (QED) is 0.826. The van der Waals surface area contributed by atoms with Crippen LogP contribution in [0, 0.1) is 13.8 Å². The fraction of sp³-hybridized carbons (Fsp3) is 0.200. The van der Waals surface area contributed by atoms with Crippen LogP contribution in [-0.4, -0.2) is 10.9 Å². The van der Waals surface area contributed by atoms with Gasteiger partial charge in [0.1, 0.15) is 5.69 Å². The second-order valence-electron chi connectivity index (χ2n) is 4.48. The molecule has 1 aromatic carbocycles. The Labute approximate surface area is 112 Å². The summed E-state index contributed by atoms with van der Waals surface area (Å²) in [6, 6.07) is 9.37. The maximum absolute atomic E-state index is 12.0. The van der Waals surface area contributed by atoms with E-state index in [2.05, 4.69) is 10.3 Å². The van der Waals surface area contributed by atoms with Crippen molar-refractivity contribution < 1.29 is 4.79 Å². The smallest absolute Gasteiger partial charge is 0.270 e. The molecule has 1 amide bonds. The highest BCUT2D eigenvalue weighted by Gasteiger charge is 2.10. The van der Waals surface area contributed by atoms with Gasteiger partial charge in [-0.05, 0) is 42.7 Å². The van der Waals surface area contributed by atoms with Crippen molar-refractivity contribution in [2.75, 3.05) is 5.73 Å². The molecule has 4 nitrogen and oxygen atoms in total. The number of hydrogen-bond acceptors (Lipinski definition) is 3. The zero-order valence-corrected chi connectivity index (χ0v) is 11.1. The molecule has 98 valence electrons. The minimum atomic E-state index is -0.167. The Balaban J connectivity index is 2.09. The van der Waals surface area contributed by atoms with Crippen LogP contribution in [0.4, 0.5) is 5.69 Å². The number of carbonyl (C=O) groups is 1. The van der Waals surface area contributed by atoms with Gasteiger partial charge in [0, 0.05) is 18.4 Å². The summed E-state index contributed by atoms with van der Waals surface area (Å²) in [7, 11) is 0. The number of amides is 1. The minimum absolute atomic E-state index is 0.167. The number of aromatic nitrogens is 1. The number of nitrogens with two attached hydrogens (primary N) is 1. The Hall–Kier alpha value is -2.36. The van der Waals surface area contributed by atoms with E-state index in [9.17, 15) is 4.79 Å². The van der Waals surface area contributed by atoms with Gasteiger partial charge >= 0.3 is 0 Å². The van der Waals surface area contributed by atoms with E-state index in [-0.39, 0.29) is 5.91 Å². The topological polar surface area (TPSA) is 68.0 Å². The van der Waals surface area contributed by atoms with E-state index in [0.717, 1.165) is 22.4 Å². The van der Waals surface area contributed by atoms with Crippen molar-refractivity contribution in [1.29, 1.82) is 0 Å². The first kappa shape index (κ1) is 13.1. The zero-order chi connectivity index (χ0) is 13.8. The lowest BCUT2D eigenvalue weighted by atomic mass is 10.1. The van der Waals surface area contributed by atoms with Crippen LogP contribution in [0.15, 0.2) is 36.5 Å². The first-order valence-corrected chi connectivity index (χ1v) is 6.13. The van der Waals surface area contributed by atoms with Crippen molar-refractivity contribution in [2.45, 2.75) is 20.4 Å². The number of anilines is 1. The van der Waals surface area contributed by atoms with Crippen molar-refractivity contribution >= 4 is 11.6 Å². The highest BCUT2D eigenvalue weighted by molar-refractivity contribution is 5.93. The molecule has 1 aromatic heterocycles. The average molecular weight is 255 g/mol. The number of nitrogen functional groups attached to an aromatic ring is 1. The zero-order valence-electron chi connectivity index (χ0n) is 11.1. The number of pyridine rings is 1. The van der Waals surface area contributed by atoms with E-state index in [1.54, 1.807) is 6.20 Å². The summed E-state index contributed by atoms with van der Waals surface area (Å²) >= 11 is 0. The molecule has 1 heterocycles. The van der Waals surface area contributed by atoms with E-state index >= 15 is 0 Å². The van der Waals surface area contributed by atoms with Crippen molar-refractivity contribution in [3.05, 3.63) is 58.9 Å². The monoisotopic (exact) mass is 255 g/mol. The third-order valence-electron chi connectivity index (χ3n) is 3.15. The van der Waals surface area contributed by atoms with Crippen LogP contribution in [0.25, 0.3) is 0 Å². The summed E-state index contributed by atoms with van der Waals surface area (Å²) in [6.07, 6.45) is 1.62. The van der Waals surface area contributed by atoms with Gasteiger partial charge in [-0.1, -0.05) is 18.2 Å². The summed E-state index contributed by atoms with van der Waals surface area (Å²) in [5.74, 6) is -0.167. The number of nitrogens with zero attached hydrogens (tertiary/aromatic N) is 1. The van der Waals surface area contributed by atoms with E-state index in [1.807, 2.05) is 44.2 Å². The number of carbonyl (C=O) groups excluding carboxylic acids is 1. The second-order valence-corrected chi connectivity index (χ2v) is 4.48. The standard InChI is InChI=1S/C15H17N3O/c1-10-5-4-8-17-14(10)15(19)18-9-12-6-3-7-13(16)11(12)2/h3-8H,9,16H2,1-2H3,(H,18,19). The number of aryl methyl sites for hydroxylation is 1. The summed E-state index contributed by atoms with van der Waals surface area (Å²) in [5, 5.41) is 2.87. The van der Waals surface area contributed by atoms with Gasteiger partial charge in [0.15, 0.2) is 0 Å². The molecule has 3 N–H and O–H groups in total. The molecule has 0 spiro atoms. The number of benzene rings is 1. The van der Waals surface area contributed by atoms with Crippen molar-refractivity contribution in [3.8, 4) is 0 Å². The van der Waals surface area contributed by atoms with Crippen LogP contribution in [-0.2, 0) is 6.54 Å². The van der Waals surface area contributed by atoms with Gasteiger partial charge in [-0.25, -0.2) is 0 Å². The minimum Gasteiger partial charge on any atom is -0.399 e. The largest absolute Gasteiger partial charge is 0.399 e. The molecule has 0 saturated carbocycles. The Morgan fingerprint density at radius 3 is 2.79 bits per heavy atom. The van der Waals surface area contributed by atoms with Gasteiger partial charge in [-0.2, -0.15) is 0 Å². The molecule has 0 aliphatic rings. The van der Waals surface area contributed by atoms with E-state index < -0.39 is 0 Å². The molecule has 0 atom stereocenters.